The molecule has 2 heterocycles. The first-order chi connectivity index (χ1) is 11.2. The molecule has 0 saturated carbocycles. The van der Waals surface area contributed by atoms with E-state index in [2.05, 4.69) is 26.6 Å². The predicted octanol–water partition coefficient (Wildman–Crippen LogP) is 1.93. The molecular formula is C17H30N4O2. The van der Waals surface area contributed by atoms with Gasteiger partial charge in [0.05, 0.1) is 12.6 Å². The zero-order valence-corrected chi connectivity index (χ0v) is 14.6. The molecule has 23 heavy (non-hydrogen) atoms. The van der Waals surface area contributed by atoms with Crippen LogP contribution < -0.4 is 10.6 Å². The minimum absolute atomic E-state index is 0.247. The molecule has 0 amide bonds. The monoisotopic (exact) mass is 322 g/mol. The van der Waals surface area contributed by atoms with Crippen molar-refractivity contribution in [1.29, 1.82) is 0 Å². The highest BCUT2D eigenvalue weighted by atomic mass is 16.5. The van der Waals surface area contributed by atoms with Crippen LogP contribution in [0.5, 0.6) is 0 Å². The Kier molecular flexibility index (Phi) is 7.42. The molecule has 0 spiro atoms. The second kappa shape index (κ2) is 9.57. The molecule has 130 valence electrons. The maximum atomic E-state index is 5.88. The summed E-state index contributed by atoms with van der Waals surface area (Å²) in [6.07, 6.45) is 2.52. The molecule has 1 fully saturated rings. The van der Waals surface area contributed by atoms with E-state index in [0.29, 0.717) is 6.61 Å². The third-order valence-corrected chi connectivity index (χ3v) is 4.10. The SMILES string of the molecule is CCOCCNC(=NC)NCC(c1ccc(C)o1)N1CCCC1. The van der Waals surface area contributed by atoms with Crippen molar-refractivity contribution in [3.8, 4) is 0 Å². The van der Waals surface area contributed by atoms with Gasteiger partial charge in [-0.05, 0) is 51.9 Å². The summed E-state index contributed by atoms with van der Waals surface area (Å²) in [7, 11) is 1.79. The summed E-state index contributed by atoms with van der Waals surface area (Å²) in [6.45, 7) is 9.20. The first-order valence-electron chi connectivity index (χ1n) is 8.57. The smallest absolute Gasteiger partial charge is 0.191 e. The van der Waals surface area contributed by atoms with Crippen molar-refractivity contribution in [2.75, 3.05) is 46.4 Å². The third-order valence-electron chi connectivity index (χ3n) is 4.10. The average Bonchev–Trinajstić information content (AvgIpc) is 3.22. The van der Waals surface area contributed by atoms with E-state index in [1.165, 1.54) is 12.8 Å². The van der Waals surface area contributed by atoms with Gasteiger partial charge >= 0.3 is 0 Å². The first kappa shape index (κ1) is 17.8. The number of hydrogen-bond donors (Lipinski definition) is 2. The van der Waals surface area contributed by atoms with E-state index >= 15 is 0 Å². The molecule has 0 aliphatic carbocycles. The Morgan fingerprint density at radius 1 is 1.35 bits per heavy atom. The van der Waals surface area contributed by atoms with Crippen LogP contribution in [0.2, 0.25) is 0 Å². The number of nitrogens with zero attached hydrogens (tertiary/aromatic N) is 2. The molecule has 0 radical (unpaired) electrons. The zero-order chi connectivity index (χ0) is 16.5. The fourth-order valence-corrected chi connectivity index (χ4v) is 2.90. The molecule has 1 aliphatic rings. The molecule has 6 nitrogen and oxygen atoms in total. The molecule has 6 heteroatoms. The van der Waals surface area contributed by atoms with Gasteiger partial charge in [0.15, 0.2) is 5.96 Å². The standard InChI is InChI=1S/C17H30N4O2/c1-4-22-12-9-19-17(18-3)20-13-15(21-10-5-6-11-21)16-8-7-14(2)23-16/h7-8,15H,4-6,9-13H2,1-3H3,(H2,18,19,20). The van der Waals surface area contributed by atoms with E-state index in [1.54, 1.807) is 7.05 Å². The highest BCUT2D eigenvalue weighted by Gasteiger charge is 2.26. The maximum Gasteiger partial charge on any atom is 0.191 e. The minimum Gasteiger partial charge on any atom is -0.465 e. The van der Waals surface area contributed by atoms with Gasteiger partial charge < -0.3 is 19.8 Å². The summed E-state index contributed by atoms with van der Waals surface area (Å²) in [5.41, 5.74) is 0. The number of aliphatic imine (C=N–C) groups is 1. The Balaban J connectivity index is 1.89. The molecule has 1 unspecified atom stereocenters. The van der Waals surface area contributed by atoms with Crippen LogP contribution in [-0.4, -0.2) is 57.3 Å². The van der Waals surface area contributed by atoms with Crippen LogP contribution in [0.3, 0.4) is 0 Å². The van der Waals surface area contributed by atoms with E-state index < -0.39 is 0 Å². The minimum atomic E-state index is 0.247. The van der Waals surface area contributed by atoms with Gasteiger partial charge in [-0.15, -0.1) is 0 Å². The lowest BCUT2D eigenvalue weighted by Crippen LogP contribution is -2.43. The molecule has 1 atom stereocenters. The molecule has 1 aromatic rings. The van der Waals surface area contributed by atoms with Crippen LogP contribution in [0.1, 0.15) is 37.3 Å². The Bertz CT molecular complexity index is 481. The van der Waals surface area contributed by atoms with Gasteiger partial charge in [-0.1, -0.05) is 0 Å². The Hall–Kier alpha value is -1.53. The number of ether oxygens (including phenoxy) is 1. The summed E-state index contributed by atoms with van der Waals surface area (Å²) in [5.74, 6) is 2.79. The van der Waals surface area contributed by atoms with E-state index in [4.69, 9.17) is 9.15 Å². The summed E-state index contributed by atoms with van der Waals surface area (Å²) in [5, 5.41) is 6.68. The molecule has 2 rings (SSSR count). The lowest BCUT2D eigenvalue weighted by Gasteiger charge is -2.26. The van der Waals surface area contributed by atoms with Crippen molar-refractivity contribution in [2.24, 2.45) is 4.99 Å². The van der Waals surface area contributed by atoms with E-state index in [0.717, 1.165) is 50.3 Å². The van der Waals surface area contributed by atoms with Gasteiger partial charge in [0.2, 0.25) is 0 Å². The van der Waals surface area contributed by atoms with Crippen molar-refractivity contribution < 1.29 is 9.15 Å². The summed E-state index contributed by atoms with van der Waals surface area (Å²) in [4.78, 5) is 6.76. The van der Waals surface area contributed by atoms with Crippen molar-refractivity contribution in [3.63, 3.8) is 0 Å². The van der Waals surface area contributed by atoms with Crippen LogP contribution in [0.25, 0.3) is 0 Å². The van der Waals surface area contributed by atoms with Gasteiger partial charge in [0.1, 0.15) is 11.5 Å². The maximum absolute atomic E-state index is 5.88. The largest absolute Gasteiger partial charge is 0.465 e. The van der Waals surface area contributed by atoms with Crippen LogP contribution >= 0.6 is 0 Å². The molecule has 1 aliphatic heterocycles. The Morgan fingerprint density at radius 3 is 2.74 bits per heavy atom. The number of hydrogen-bond acceptors (Lipinski definition) is 4. The van der Waals surface area contributed by atoms with E-state index in [1.807, 2.05) is 19.9 Å². The highest BCUT2D eigenvalue weighted by molar-refractivity contribution is 5.79. The summed E-state index contributed by atoms with van der Waals surface area (Å²) < 4.78 is 11.2. The lowest BCUT2D eigenvalue weighted by molar-refractivity contribution is 0.152. The topological polar surface area (TPSA) is 62.0 Å². The van der Waals surface area contributed by atoms with Crippen molar-refractivity contribution >= 4 is 5.96 Å². The molecule has 0 bridgehead atoms. The molecular weight excluding hydrogens is 292 g/mol. The van der Waals surface area contributed by atoms with Gasteiger partial charge in [0.25, 0.3) is 0 Å². The molecule has 1 saturated heterocycles. The van der Waals surface area contributed by atoms with Crippen molar-refractivity contribution in [1.82, 2.24) is 15.5 Å². The summed E-state index contributed by atoms with van der Waals surface area (Å²) in [6, 6.07) is 4.37. The number of nitrogens with one attached hydrogen (secondary N) is 2. The number of aryl methyl sites for hydroxylation is 1. The van der Waals surface area contributed by atoms with Gasteiger partial charge in [0, 0.05) is 26.7 Å². The van der Waals surface area contributed by atoms with Crippen LogP contribution in [0.15, 0.2) is 21.5 Å². The first-order valence-corrected chi connectivity index (χ1v) is 8.57. The zero-order valence-electron chi connectivity index (χ0n) is 14.6. The van der Waals surface area contributed by atoms with Crippen LogP contribution in [0.4, 0.5) is 0 Å². The Labute approximate surface area is 139 Å². The Morgan fingerprint density at radius 2 is 2.13 bits per heavy atom. The lowest BCUT2D eigenvalue weighted by atomic mass is 10.2. The molecule has 2 N–H and O–H groups in total. The van der Waals surface area contributed by atoms with Crippen LogP contribution in [0, 0.1) is 6.92 Å². The molecule has 1 aromatic heterocycles. The fraction of sp³-hybridized carbons (Fsp3) is 0.706. The van der Waals surface area contributed by atoms with Gasteiger partial charge in [-0.2, -0.15) is 0 Å². The quantitative estimate of drug-likeness (QED) is 0.435. The molecule has 0 aromatic carbocycles. The second-order valence-electron chi connectivity index (χ2n) is 5.78. The highest BCUT2D eigenvalue weighted by Crippen LogP contribution is 2.25. The fourth-order valence-electron chi connectivity index (χ4n) is 2.90. The van der Waals surface area contributed by atoms with Gasteiger partial charge in [-0.25, -0.2) is 0 Å². The number of furan rings is 1. The number of guanidine groups is 1. The van der Waals surface area contributed by atoms with E-state index in [9.17, 15) is 0 Å². The van der Waals surface area contributed by atoms with Crippen molar-refractivity contribution in [3.05, 3.63) is 23.7 Å². The normalized spacial score (nSPS) is 17.4. The van der Waals surface area contributed by atoms with Gasteiger partial charge in [-0.3, -0.25) is 9.89 Å². The average molecular weight is 322 g/mol. The number of likely N-dealkylation sites (tertiary alicyclic amines) is 1. The second-order valence-corrected chi connectivity index (χ2v) is 5.78. The van der Waals surface area contributed by atoms with E-state index in [-0.39, 0.29) is 6.04 Å². The number of rotatable bonds is 8. The van der Waals surface area contributed by atoms with Crippen LogP contribution in [-0.2, 0) is 4.74 Å². The third kappa shape index (κ3) is 5.55. The summed E-state index contributed by atoms with van der Waals surface area (Å²) >= 11 is 0. The van der Waals surface area contributed by atoms with Crippen molar-refractivity contribution in [2.45, 2.75) is 32.7 Å². The predicted molar refractivity (Wildman–Crippen MR) is 92.9 cm³/mol.